The van der Waals surface area contributed by atoms with Gasteiger partial charge in [0.15, 0.2) is 6.10 Å². The van der Waals surface area contributed by atoms with Crippen LogP contribution in [0.2, 0.25) is 0 Å². The molecule has 0 bridgehead atoms. The van der Waals surface area contributed by atoms with Crippen LogP contribution < -0.4 is 5.32 Å². The van der Waals surface area contributed by atoms with Crippen LogP contribution in [0.5, 0.6) is 0 Å². The molecule has 1 N–H and O–H groups in total. The Balaban J connectivity index is 2.01. The van der Waals surface area contributed by atoms with Gasteiger partial charge in [0.2, 0.25) is 0 Å². The number of hydrogen-bond donors (Lipinski definition) is 1. The largest absolute Gasteiger partial charge is 0.449 e. The standard InChI is InChI=1S/C18H19NO3/c1-12-9-10-13(2)16(11-12)18(21)22-14(3)17(20)19-15-7-5-4-6-8-15/h4-11,14H,1-3H3,(H,19,20)/t14-/m0/s1. The van der Waals surface area contributed by atoms with Gasteiger partial charge in [-0.1, -0.05) is 35.9 Å². The molecule has 2 aromatic carbocycles. The molecule has 1 amide bonds. The number of carbonyl (C=O) groups is 2. The van der Waals surface area contributed by atoms with E-state index in [1.807, 2.05) is 44.2 Å². The normalized spacial score (nSPS) is 11.6. The smallest absolute Gasteiger partial charge is 0.339 e. The van der Waals surface area contributed by atoms with E-state index >= 15 is 0 Å². The Hall–Kier alpha value is -2.62. The van der Waals surface area contributed by atoms with Crippen molar-refractivity contribution >= 4 is 17.6 Å². The van der Waals surface area contributed by atoms with E-state index in [0.29, 0.717) is 11.3 Å². The van der Waals surface area contributed by atoms with Gasteiger partial charge in [-0.2, -0.15) is 0 Å². The second-order valence-electron chi connectivity index (χ2n) is 5.22. The van der Waals surface area contributed by atoms with Crippen molar-refractivity contribution in [3.63, 3.8) is 0 Å². The van der Waals surface area contributed by atoms with Crippen molar-refractivity contribution in [2.24, 2.45) is 0 Å². The van der Waals surface area contributed by atoms with Crippen LogP contribution in [0, 0.1) is 13.8 Å². The zero-order valence-corrected chi connectivity index (χ0v) is 12.9. The molecule has 0 saturated carbocycles. The molecule has 4 heteroatoms. The minimum atomic E-state index is -0.868. The highest BCUT2D eigenvalue weighted by atomic mass is 16.5. The van der Waals surface area contributed by atoms with Gasteiger partial charge in [0.05, 0.1) is 5.56 Å². The minimum Gasteiger partial charge on any atom is -0.449 e. The predicted molar refractivity (Wildman–Crippen MR) is 85.9 cm³/mol. The number of esters is 1. The maximum atomic E-state index is 12.2. The summed E-state index contributed by atoms with van der Waals surface area (Å²) in [6, 6.07) is 14.6. The van der Waals surface area contributed by atoms with Crippen LogP contribution in [-0.4, -0.2) is 18.0 Å². The van der Waals surface area contributed by atoms with E-state index in [1.54, 1.807) is 25.1 Å². The first-order valence-corrected chi connectivity index (χ1v) is 7.11. The second kappa shape index (κ2) is 6.89. The number of nitrogens with one attached hydrogen (secondary N) is 1. The molecule has 2 aromatic rings. The van der Waals surface area contributed by atoms with E-state index < -0.39 is 12.1 Å². The number of carbonyl (C=O) groups excluding carboxylic acids is 2. The van der Waals surface area contributed by atoms with Gasteiger partial charge < -0.3 is 10.1 Å². The van der Waals surface area contributed by atoms with Gasteiger partial charge in [-0.05, 0) is 44.5 Å². The van der Waals surface area contributed by atoms with Crippen LogP contribution >= 0.6 is 0 Å². The van der Waals surface area contributed by atoms with Gasteiger partial charge in [-0.25, -0.2) is 4.79 Å². The van der Waals surface area contributed by atoms with Crippen LogP contribution in [0.25, 0.3) is 0 Å². The molecule has 0 aliphatic heterocycles. The lowest BCUT2D eigenvalue weighted by molar-refractivity contribution is -0.123. The molecule has 22 heavy (non-hydrogen) atoms. The molecule has 0 saturated heterocycles. The molecule has 0 radical (unpaired) electrons. The van der Waals surface area contributed by atoms with Gasteiger partial charge >= 0.3 is 5.97 Å². The molecule has 0 fully saturated rings. The molecule has 114 valence electrons. The van der Waals surface area contributed by atoms with Crippen molar-refractivity contribution in [1.29, 1.82) is 0 Å². The Bertz CT molecular complexity index is 680. The summed E-state index contributed by atoms with van der Waals surface area (Å²) in [6.07, 6.45) is -0.868. The maximum absolute atomic E-state index is 12.2. The first kappa shape index (κ1) is 15.8. The summed E-state index contributed by atoms with van der Waals surface area (Å²) < 4.78 is 5.26. The van der Waals surface area contributed by atoms with Gasteiger partial charge in [-0.3, -0.25) is 4.79 Å². The third-order valence-electron chi connectivity index (χ3n) is 3.31. The Morgan fingerprint density at radius 3 is 2.41 bits per heavy atom. The summed E-state index contributed by atoms with van der Waals surface area (Å²) in [7, 11) is 0. The maximum Gasteiger partial charge on any atom is 0.339 e. The number of anilines is 1. The van der Waals surface area contributed by atoms with E-state index in [9.17, 15) is 9.59 Å². The van der Waals surface area contributed by atoms with Gasteiger partial charge in [-0.15, -0.1) is 0 Å². The molecule has 0 unspecified atom stereocenters. The van der Waals surface area contributed by atoms with E-state index in [2.05, 4.69) is 5.32 Å². The number of hydrogen-bond acceptors (Lipinski definition) is 3. The lowest BCUT2D eigenvalue weighted by atomic mass is 10.1. The Morgan fingerprint density at radius 2 is 1.73 bits per heavy atom. The number of benzene rings is 2. The van der Waals surface area contributed by atoms with E-state index in [4.69, 9.17) is 4.74 Å². The van der Waals surface area contributed by atoms with E-state index in [0.717, 1.165) is 11.1 Å². The van der Waals surface area contributed by atoms with Crippen LogP contribution in [0.4, 0.5) is 5.69 Å². The highest BCUT2D eigenvalue weighted by Crippen LogP contribution is 2.14. The molecular weight excluding hydrogens is 278 g/mol. The van der Waals surface area contributed by atoms with E-state index in [1.165, 1.54) is 0 Å². The van der Waals surface area contributed by atoms with Crippen molar-refractivity contribution in [3.8, 4) is 0 Å². The highest BCUT2D eigenvalue weighted by Gasteiger charge is 2.20. The van der Waals surface area contributed by atoms with Crippen molar-refractivity contribution in [1.82, 2.24) is 0 Å². The van der Waals surface area contributed by atoms with Crippen LogP contribution in [0.15, 0.2) is 48.5 Å². The fourth-order valence-corrected chi connectivity index (χ4v) is 2.00. The molecule has 0 spiro atoms. The average molecular weight is 297 g/mol. The molecule has 0 aromatic heterocycles. The summed E-state index contributed by atoms with van der Waals surface area (Å²) in [6.45, 7) is 5.30. The summed E-state index contributed by atoms with van der Waals surface area (Å²) in [5.74, 6) is -0.846. The average Bonchev–Trinajstić information content (AvgIpc) is 2.50. The number of rotatable bonds is 4. The quantitative estimate of drug-likeness (QED) is 0.879. The molecular formula is C18H19NO3. The Labute approximate surface area is 130 Å². The predicted octanol–water partition coefficient (Wildman–Crippen LogP) is 3.49. The summed E-state index contributed by atoms with van der Waals surface area (Å²) in [5, 5.41) is 2.71. The molecule has 0 aliphatic carbocycles. The first-order valence-electron chi connectivity index (χ1n) is 7.11. The SMILES string of the molecule is Cc1ccc(C)c(C(=O)O[C@@H](C)C(=O)Nc2ccccc2)c1. The first-order chi connectivity index (χ1) is 10.5. The third kappa shape index (κ3) is 3.95. The van der Waals surface area contributed by atoms with Crippen molar-refractivity contribution in [3.05, 3.63) is 65.2 Å². The minimum absolute atomic E-state index is 0.357. The Kier molecular flexibility index (Phi) is 4.94. The van der Waals surface area contributed by atoms with Crippen LogP contribution in [0.3, 0.4) is 0 Å². The van der Waals surface area contributed by atoms with Crippen molar-refractivity contribution in [2.45, 2.75) is 26.9 Å². The fourth-order valence-electron chi connectivity index (χ4n) is 2.00. The summed E-state index contributed by atoms with van der Waals surface area (Å²) >= 11 is 0. The zero-order chi connectivity index (χ0) is 16.1. The highest BCUT2D eigenvalue weighted by molar-refractivity contribution is 5.97. The van der Waals surface area contributed by atoms with Crippen molar-refractivity contribution < 1.29 is 14.3 Å². The second-order valence-corrected chi connectivity index (χ2v) is 5.22. The monoisotopic (exact) mass is 297 g/mol. The lowest BCUT2D eigenvalue weighted by Crippen LogP contribution is -2.30. The summed E-state index contributed by atoms with van der Waals surface area (Å²) in [5.41, 5.74) is 2.95. The molecule has 0 heterocycles. The molecule has 2 rings (SSSR count). The number of aryl methyl sites for hydroxylation is 2. The molecule has 0 aliphatic rings. The van der Waals surface area contributed by atoms with Crippen LogP contribution in [-0.2, 0) is 9.53 Å². The van der Waals surface area contributed by atoms with Crippen molar-refractivity contribution in [2.75, 3.05) is 5.32 Å². The topological polar surface area (TPSA) is 55.4 Å². The van der Waals surface area contributed by atoms with Gasteiger partial charge in [0, 0.05) is 5.69 Å². The number of ether oxygens (including phenoxy) is 1. The Morgan fingerprint density at radius 1 is 1.05 bits per heavy atom. The number of amides is 1. The summed E-state index contributed by atoms with van der Waals surface area (Å²) in [4.78, 5) is 24.2. The van der Waals surface area contributed by atoms with Crippen LogP contribution in [0.1, 0.15) is 28.4 Å². The van der Waals surface area contributed by atoms with Gasteiger partial charge in [0.1, 0.15) is 0 Å². The zero-order valence-electron chi connectivity index (χ0n) is 12.9. The fraction of sp³-hybridized carbons (Fsp3) is 0.222. The molecule has 4 nitrogen and oxygen atoms in total. The van der Waals surface area contributed by atoms with Gasteiger partial charge in [0.25, 0.3) is 5.91 Å². The lowest BCUT2D eigenvalue weighted by Gasteiger charge is -2.14. The molecule has 1 atom stereocenters. The van der Waals surface area contributed by atoms with E-state index in [-0.39, 0.29) is 5.91 Å². The number of para-hydroxylation sites is 1. The third-order valence-corrected chi connectivity index (χ3v) is 3.31.